The average molecular weight is 415 g/mol. The van der Waals surface area contributed by atoms with E-state index in [4.69, 9.17) is 9.72 Å². The number of nitrogens with zero attached hydrogens (tertiary/aromatic N) is 2. The van der Waals surface area contributed by atoms with Gasteiger partial charge in [-0.3, -0.25) is 4.99 Å². The molecule has 2 N–H and O–H groups in total. The van der Waals surface area contributed by atoms with Gasteiger partial charge in [0.05, 0.1) is 16.8 Å². The van der Waals surface area contributed by atoms with Gasteiger partial charge in [0.2, 0.25) is 0 Å². The van der Waals surface area contributed by atoms with E-state index in [1.54, 1.807) is 11.3 Å². The summed E-state index contributed by atoms with van der Waals surface area (Å²) in [5.41, 5.74) is 3.71. The zero-order chi connectivity index (χ0) is 20.6. The van der Waals surface area contributed by atoms with Crippen molar-refractivity contribution in [3.8, 4) is 0 Å². The van der Waals surface area contributed by atoms with Crippen LogP contribution < -0.4 is 10.6 Å². The molecule has 6 heteroatoms. The van der Waals surface area contributed by atoms with Crippen molar-refractivity contribution in [1.29, 1.82) is 0 Å². The molecule has 2 unspecified atom stereocenters. The second-order valence-electron chi connectivity index (χ2n) is 8.07. The van der Waals surface area contributed by atoms with Crippen LogP contribution in [0.2, 0.25) is 0 Å². The number of thiazole rings is 1. The molecule has 2 atom stereocenters. The Bertz CT molecular complexity index is 784. The molecule has 2 heterocycles. The van der Waals surface area contributed by atoms with Crippen molar-refractivity contribution in [2.45, 2.75) is 52.1 Å². The van der Waals surface area contributed by atoms with E-state index in [9.17, 15) is 0 Å². The van der Waals surface area contributed by atoms with Gasteiger partial charge in [0.15, 0.2) is 5.96 Å². The summed E-state index contributed by atoms with van der Waals surface area (Å²) in [6, 6.07) is 8.73. The molecular formula is C23H34N4OS. The number of rotatable bonds is 7. The second-order valence-corrected chi connectivity index (χ2v) is 8.96. The molecule has 0 aliphatic carbocycles. The number of guanidine groups is 1. The average Bonchev–Trinajstić information content (AvgIpc) is 3.21. The van der Waals surface area contributed by atoms with Gasteiger partial charge in [-0.15, -0.1) is 11.3 Å². The highest BCUT2D eigenvalue weighted by molar-refractivity contribution is 7.09. The van der Waals surface area contributed by atoms with Crippen molar-refractivity contribution in [3.63, 3.8) is 0 Å². The first-order valence-corrected chi connectivity index (χ1v) is 11.5. The zero-order valence-corrected chi connectivity index (χ0v) is 18.9. The van der Waals surface area contributed by atoms with E-state index in [-0.39, 0.29) is 6.10 Å². The topological polar surface area (TPSA) is 58.5 Å². The van der Waals surface area contributed by atoms with E-state index >= 15 is 0 Å². The second kappa shape index (κ2) is 10.7. The summed E-state index contributed by atoms with van der Waals surface area (Å²) >= 11 is 1.75. The molecule has 0 bridgehead atoms. The van der Waals surface area contributed by atoms with Crippen LogP contribution in [0, 0.1) is 12.8 Å². The van der Waals surface area contributed by atoms with E-state index in [1.807, 2.05) is 7.05 Å². The molecule has 1 aromatic carbocycles. The number of benzene rings is 1. The first kappa shape index (κ1) is 21.8. The summed E-state index contributed by atoms with van der Waals surface area (Å²) in [5, 5.41) is 10.3. The van der Waals surface area contributed by atoms with Crippen molar-refractivity contribution in [2.75, 3.05) is 26.7 Å². The summed E-state index contributed by atoms with van der Waals surface area (Å²) < 4.78 is 6.14. The number of aryl methyl sites for hydroxylation is 1. The standard InChI is InChI=1S/C23H34N4OS/c1-16(2)22-27-20(15-29-22)11-12-25-23(24-4)26-14-19-6-5-13-28-21(19)18-9-7-17(3)8-10-18/h7-10,15-16,19,21H,5-6,11-14H2,1-4H3,(H2,24,25,26). The Labute approximate surface area is 179 Å². The van der Waals surface area contributed by atoms with Crippen LogP contribution in [0.15, 0.2) is 34.6 Å². The highest BCUT2D eigenvalue weighted by Gasteiger charge is 2.27. The SMILES string of the molecule is CN=C(NCCc1csc(C(C)C)n1)NCC1CCCOC1c1ccc(C)cc1. The number of nitrogens with one attached hydrogen (secondary N) is 2. The number of hydrogen-bond acceptors (Lipinski definition) is 4. The molecule has 1 saturated heterocycles. The third-order valence-corrected chi connectivity index (χ3v) is 6.54. The van der Waals surface area contributed by atoms with E-state index in [1.165, 1.54) is 22.6 Å². The number of aliphatic imine (C=N–C) groups is 1. The van der Waals surface area contributed by atoms with Gasteiger partial charge in [0.25, 0.3) is 0 Å². The fourth-order valence-corrected chi connectivity index (χ4v) is 4.51. The molecular weight excluding hydrogens is 380 g/mol. The van der Waals surface area contributed by atoms with Gasteiger partial charge in [0, 0.05) is 50.4 Å². The lowest BCUT2D eigenvalue weighted by Crippen LogP contribution is -2.42. The molecule has 0 spiro atoms. The molecule has 1 aliphatic heterocycles. The Balaban J connectivity index is 1.48. The van der Waals surface area contributed by atoms with Crippen LogP contribution in [0.3, 0.4) is 0 Å². The van der Waals surface area contributed by atoms with Gasteiger partial charge in [-0.1, -0.05) is 43.7 Å². The fourth-order valence-electron chi connectivity index (χ4n) is 3.64. The van der Waals surface area contributed by atoms with Crippen molar-refractivity contribution < 1.29 is 4.74 Å². The lowest BCUT2D eigenvalue weighted by atomic mass is 9.89. The van der Waals surface area contributed by atoms with Gasteiger partial charge < -0.3 is 15.4 Å². The van der Waals surface area contributed by atoms with E-state index in [2.05, 4.69) is 66.0 Å². The number of hydrogen-bond donors (Lipinski definition) is 2. The van der Waals surface area contributed by atoms with Crippen LogP contribution in [-0.4, -0.2) is 37.7 Å². The van der Waals surface area contributed by atoms with Crippen LogP contribution in [0.4, 0.5) is 0 Å². The smallest absolute Gasteiger partial charge is 0.191 e. The Morgan fingerprint density at radius 3 is 2.76 bits per heavy atom. The van der Waals surface area contributed by atoms with Crippen LogP contribution in [0.5, 0.6) is 0 Å². The molecule has 2 aromatic rings. The van der Waals surface area contributed by atoms with E-state index in [0.717, 1.165) is 44.2 Å². The highest BCUT2D eigenvalue weighted by atomic mass is 32.1. The maximum absolute atomic E-state index is 6.14. The Morgan fingerprint density at radius 1 is 1.28 bits per heavy atom. The fraction of sp³-hybridized carbons (Fsp3) is 0.565. The van der Waals surface area contributed by atoms with Gasteiger partial charge in [-0.05, 0) is 25.3 Å². The maximum Gasteiger partial charge on any atom is 0.191 e. The predicted molar refractivity (Wildman–Crippen MR) is 122 cm³/mol. The van der Waals surface area contributed by atoms with Crippen molar-refractivity contribution in [1.82, 2.24) is 15.6 Å². The lowest BCUT2D eigenvalue weighted by molar-refractivity contribution is -0.0265. The summed E-state index contributed by atoms with van der Waals surface area (Å²) in [4.78, 5) is 9.09. The predicted octanol–water partition coefficient (Wildman–Crippen LogP) is 4.45. The lowest BCUT2D eigenvalue weighted by Gasteiger charge is -2.32. The van der Waals surface area contributed by atoms with Gasteiger partial charge in [-0.2, -0.15) is 0 Å². The van der Waals surface area contributed by atoms with Crippen LogP contribution in [0.1, 0.15) is 60.5 Å². The van der Waals surface area contributed by atoms with Gasteiger partial charge >= 0.3 is 0 Å². The van der Waals surface area contributed by atoms with Gasteiger partial charge in [-0.25, -0.2) is 4.98 Å². The maximum atomic E-state index is 6.14. The van der Waals surface area contributed by atoms with Crippen molar-refractivity contribution in [2.24, 2.45) is 10.9 Å². The summed E-state index contributed by atoms with van der Waals surface area (Å²) in [6.07, 6.45) is 3.34. The Morgan fingerprint density at radius 2 is 2.07 bits per heavy atom. The normalized spacial score (nSPS) is 20.1. The minimum Gasteiger partial charge on any atom is -0.373 e. The third kappa shape index (κ3) is 6.28. The summed E-state index contributed by atoms with van der Waals surface area (Å²) in [6.45, 7) is 9.01. The van der Waals surface area contributed by atoms with Gasteiger partial charge in [0.1, 0.15) is 0 Å². The Kier molecular flexibility index (Phi) is 8.07. The number of aromatic nitrogens is 1. The molecule has 0 radical (unpaired) electrons. The van der Waals surface area contributed by atoms with E-state index in [0.29, 0.717) is 11.8 Å². The molecule has 158 valence electrons. The third-order valence-electron chi connectivity index (χ3n) is 5.34. The zero-order valence-electron chi connectivity index (χ0n) is 18.1. The van der Waals surface area contributed by atoms with Crippen LogP contribution in [0.25, 0.3) is 0 Å². The summed E-state index contributed by atoms with van der Waals surface area (Å²) in [7, 11) is 1.82. The van der Waals surface area contributed by atoms with Crippen molar-refractivity contribution in [3.05, 3.63) is 51.5 Å². The van der Waals surface area contributed by atoms with Crippen molar-refractivity contribution >= 4 is 17.3 Å². The molecule has 3 rings (SSSR count). The molecule has 0 amide bonds. The molecule has 0 saturated carbocycles. The monoisotopic (exact) mass is 414 g/mol. The minimum absolute atomic E-state index is 0.152. The quantitative estimate of drug-likeness (QED) is 0.519. The largest absolute Gasteiger partial charge is 0.373 e. The Hall–Kier alpha value is -1.92. The minimum atomic E-state index is 0.152. The first-order chi connectivity index (χ1) is 14.1. The molecule has 5 nitrogen and oxygen atoms in total. The molecule has 1 aliphatic rings. The first-order valence-electron chi connectivity index (χ1n) is 10.6. The van der Waals surface area contributed by atoms with Crippen LogP contribution >= 0.6 is 11.3 Å². The highest BCUT2D eigenvalue weighted by Crippen LogP contribution is 2.33. The molecule has 29 heavy (non-hydrogen) atoms. The van der Waals surface area contributed by atoms with E-state index < -0.39 is 0 Å². The summed E-state index contributed by atoms with van der Waals surface area (Å²) in [5.74, 6) is 1.78. The molecule has 1 fully saturated rings. The number of ether oxygens (including phenoxy) is 1. The molecule has 1 aromatic heterocycles. The van der Waals surface area contributed by atoms with Crippen LogP contribution in [-0.2, 0) is 11.2 Å².